The van der Waals surface area contributed by atoms with Gasteiger partial charge in [0, 0.05) is 18.2 Å². The Balaban J connectivity index is 1.87. The van der Waals surface area contributed by atoms with Crippen molar-refractivity contribution < 1.29 is 19.1 Å². The lowest BCUT2D eigenvalue weighted by molar-refractivity contribution is 0.0934. The number of carbonyl (C=O) groups excluding carboxylic acids is 2. The van der Waals surface area contributed by atoms with E-state index in [1.54, 1.807) is 37.4 Å². The highest BCUT2D eigenvalue weighted by Crippen LogP contribution is 2.26. The third kappa shape index (κ3) is 7.61. The van der Waals surface area contributed by atoms with Gasteiger partial charge in [-0.05, 0) is 69.5 Å². The molecule has 0 aliphatic rings. The average Bonchev–Trinajstić information content (AvgIpc) is 2.72. The summed E-state index contributed by atoms with van der Waals surface area (Å²) in [6, 6.07) is 12.2. The molecule has 0 bridgehead atoms. The van der Waals surface area contributed by atoms with Gasteiger partial charge in [0.05, 0.1) is 11.1 Å². The van der Waals surface area contributed by atoms with Gasteiger partial charge in [0.2, 0.25) is 0 Å². The van der Waals surface area contributed by atoms with E-state index in [9.17, 15) is 9.59 Å². The summed E-state index contributed by atoms with van der Waals surface area (Å²) in [5.74, 6) is -0.193. The van der Waals surface area contributed by atoms with Gasteiger partial charge in [-0.3, -0.25) is 25.8 Å². The lowest BCUT2D eigenvalue weighted by Crippen LogP contribution is -2.48. The quantitative estimate of drug-likeness (QED) is 0.313. The van der Waals surface area contributed by atoms with Crippen LogP contribution in [0.1, 0.15) is 47.1 Å². The predicted molar refractivity (Wildman–Crippen MR) is 127 cm³/mol. The molecule has 166 valence electrons. The van der Waals surface area contributed by atoms with Crippen LogP contribution in [-0.4, -0.2) is 37.3 Å². The van der Waals surface area contributed by atoms with Crippen LogP contribution >= 0.6 is 28.1 Å². The highest BCUT2D eigenvalue weighted by Gasteiger charge is 2.15. The molecule has 0 fully saturated rings. The molecule has 0 aliphatic carbocycles. The largest absolute Gasteiger partial charge is 0.490 e. The third-order valence-electron chi connectivity index (χ3n) is 4.27. The summed E-state index contributed by atoms with van der Waals surface area (Å²) in [5.41, 5.74) is 6.99. The van der Waals surface area contributed by atoms with Crippen LogP contribution < -0.4 is 20.9 Å². The first kappa shape index (κ1) is 24.8. The average molecular weight is 508 g/mol. The molecule has 0 aliphatic heterocycles. The minimum atomic E-state index is -0.426. The third-order valence-corrected chi connectivity index (χ3v) is 5.09. The normalized spacial score (nSPS) is 10.9. The molecule has 0 radical (unpaired) electrons. The Kier molecular flexibility index (Phi) is 8.97. The Morgan fingerprint density at radius 1 is 0.968 bits per heavy atom. The fourth-order valence-corrected chi connectivity index (χ4v) is 3.14. The second-order valence-corrected chi connectivity index (χ2v) is 8.94. The fourth-order valence-electron chi connectivity index (χ4n) is 2.51. The van der Waals surface area contributed by atoms with E-state index in [0.717, 1.165) is 5.56 Å². The summed E-state index contributed by atoms with van der Waals surface area (Å²) in [4.78, 5) is 24.7. The van der Waals surface area contributed by atoms with Crippen molar-refractivity contribution in [1.82, 2.24) is 16.2 Å². The van der Waals surface area contributed by atoms with E-state index in [1.165, 1.54) is 0 Å². The van der Waals surface area contributed by atoms with Crippen LogP contribution in [-0.2, 0) is 10.2 Å². The molecule has 0 saturated heterocycles. The van der Waals surface area contributed by atoms with E-state index in [0.29, 0.717) is 34.6 Å². The number of rotatable bonds is 6. The SMILES string of the molecule is COCCOc1ccc(C(=O)NC(=S)NNC(=O)c2ccc(C(C)(C)C)cc2)cc1Br. The van der Waals surface area contributed by atoms with E-state index < -0.39 is 5.91 Å². The van der Waals surface area contributed by atoms with Crippen molar-refractivity contribution in [2.24, 2.45) is 0 Å². The molecule has 9 heteroatoms. The molecular weight excluding hydrogens is 482 g/mol. The number of carbonyl (C=O) groups is 2. The Morgan fingerprint density at radius 2 is 1.61 bits per heavy atom. The molecule has 2 aromatic carbocycles. The van der Waals surface area contributed by atoms with Crippen LogP contribution in [0.3, 0.4) is 0 Å². The van der Waals surface area contributed by atoms with E-state index in [1.807, 2.05) is 12.1 Å². The minimum Gasteiger partial charge on any atom is -0.490 e. The van der Waals surface area contributed by atoms with Crippen molar-refractivity contribution in [2.45, 2.75) is 26.2 Å². The lowest BCUT2D eigenvalue weighted by atomic mass is 9.87. The second-order valence-electron chi connectivity index (χ2n) is 7.68. The van der Waals surface area contributed by atoms with Crippen LogP contribution in [0.2, 0.25) is 0 Å². The van der Waals surface area contributed by atoms with Gasteiger partial charge >= 0.3 is 0 Å². The molecule has 0 unspecified atom stereocenters. The van der Waals surface area contributed by atoms with Crippen LogP contribution in [0.25, 0.3) is 0 Å². The maximum absolute atomic E-state index is 12.4. The molecule has 2 rings (SSSR count). The van der Waals surface area contributed by atoms with E-state index >= 15 is 0 Å². The second kappa shape index (κ2) is 11.2. The summed E-state index contributed by atoms with van der Waals surface area (Å²) in [6.45, 7) is 7.16. The number of amides is 2. The maximum atomic E-state index is 12.4. The van der Waals surface area contributed by atoms with Gasteiger partial charge in [-0.1, -0.05) is 32.9 Å². The van der Waals surface area contributed by atoms with Crippen LogP contribution in [0.4, 0.5) is 0 Å². The van der Waals surface area contributed by atoms with E-state index in [4.69, 9.17) is 21.7 Å². The molecule has 3 N–H and O–H groups in total. The van der Waals surface area contributed by atoms with Crippen molar-refractivity contribution in [3.63, 3.8) is 0 Å². The number of ether oxygens (including phenoxy) is 2. The van der Waals surface area contributed by atoms with Crippen molar-refractivity contribution in [2.75, 3.05) is 20.3 Å². The number of nitrogens with one attached hydrogen (secondary N) is 3. The van der Waals surface area contributed by atoms with Crippen molar-refractivity contribution >= 4 is 45.1 Å². The topological polar surface area (TPSA) is 88.7 Å². The molecule has 0 aromatic heterocycles. The van der Waals surface area contributed by atoms with Gasteiger partial charge in [-0.15, -0.1) is 0 Å². The molecule has 7 nitrogen and oxygen atoms in total. The zero-order valence-electron chi connectivity index (χ0n) is 17.9. The van der Waals surface area contributed by atoms with Gasteiger partial charge < -0.3 is 9.47 Å². The van der Waals surface area contributed by atoms with Crippen LogP contribution in [0, 0.1) is 0 Å². The summed E-state index contributed by atoms with van der Waals surface area (Å²) in [7, 11) is 1.59. The van der Waals surface area contributed by atoms with E-state index in [-0.39, 0.29) is 16.4 Å². The summed E-state index contributed by atoms with van der Waals surface area (Å²) < 4.78 is 11.1. The molecule has 2 amide bonds. The predicted octanol–water partition coefficient (Wildman–Crippen LogP) is 3.72. The molecular formula is C22H26BrN3O4S. The van der Waals surface area contributed by atoms with Gasteiger partial charge in [-0.25, -0.2) is 0 Å². The zero-order chi connectivity index (χ0) is 23.0. The summed E-state index contributed by atoms with van der Waals surface area (Å²) >= 11 is 8.46. The highest BCUT2D eigenvalue weighted by molar-refractivity contribution is 9.10. The van der Waals surface area contributed by atoms with Crippen molar-refractivity contribution in [3.05, 3.63) is 63.6 Å². The smallest absolute Gasteiger partial charge is 0.269 e. The summed E-state index contributed by atoms with van der Waals surface area (Å²) in [6.07, 6.45) is 0. The monoisotopic (exact) mass is 507 g/mol. The van der Waals surface area contributed by atoms with Gasteiger partial charge in [0.25, 0.3) is 11.8 Å². The Morgan fingerprint density at radius 3 is 2.19 bits per heavy atom. The Bertz CT molecular complexity index is 943. The van der Waals surface area contributed by atoms with Gasteiger partial charge in [-0.2, -0.15) is 0 Å². The lowest BCUT2D eigenvalue weighted by Gasteiger charge is -2.19. The first-order valence-corrected chi connectivity index (χ1v) is 10.8. The number of hydrogen-bond acceptors (Lipinski definition) is 5. The van der Waals surface area contributed by atoms with Crippen LogP contribution in [0.5, 0.6) is 5.75 Å². The molecule has 0 heterocycles. The molecule has 0 atom stereocenters. The first-order chi connectivity index (χ1) is 14.6. The van der Waals surface area contributed by atoms with Crippen molar-refractivity contribution in [1.29, 1.82) is 0 Å². The fraction of sp³-hybridized carbons (Fsp3) is 0.318. The minimum absolute atomic E-state index is 0.00233. The molecule has 0 spiro atoms. The standard InChI is InChI=1S/C22H26BrN3O4S/c1-22(2,3)16-8-5-14(6-9-16)20(28)25-26-21(31)24-19(27)15-7-10-18(17(23)13-15)30-12-11-29-4/h5-10,13H,11-12H2,1-4H3,(H,25,28)(H2,24,26,27,31). The summed E-state index contributed by atoms with van der Waals surface area (Å²) in [5, 5.41) is 2.49. The number of hydrazine groups is 1. The highest BCUT2D eigenvalue weighted by atomic mass is 79.9. The molecule has 31 heavy (non-hydrogen) atoms. The molecule has 0 saturated carbocycles. The first-order valence-electron chi connectivity index (χ1n) is 9.55. The van der Waals surface area contributed by atoms with Crippen molar-refractivity contribution in [3.8, 4) is 5.75 Å². The molecule has 2 aromatic rings. The van der Waals surface area contributed by atoms with Gasteiger partial charge in [0.15, 0.2) is 5.11 Å². The number of hydrogen-bond donors (Lipinski definition) is 3. The Hall–Kier alpha value is -2.49. The van der Waals surface area contributed by atoms with Gasteiger partial charge in [0.1, 0.15) is 12.4 Å². The number of methoxy groups -OCH3 is 1. The van der Waals surface area contributed by atoms with E-state index in [2.05, 4.69) is 52.9 Å². The zero-order valence-corrected chi connectivity index (χ0v) is 20.3. The Labute approximate surface area is 196 Å². The van der Waals surface area contributed by atoms with Crippen LogP contribution in [0.15, 0.2) is 46.9 Å². The maximum Gasteiger partial charge on any atom is 0.269 e. The number of halogens is 1. The number of thiocarbonyl (C=S) groups is 1. The number of benzene rings is 2.